The minimum Gasteiger partial charge on any atom is -0.480 e. The molecule has 0 aliphatic heterocycles. The Hall–Kier alpha value is -1.94. The summed E-state index contributed by atoms with van der Waals surface area (Å²) in [6.07, 6.45) is 3.08. The minimum absolute atomic E-state index is 0.116. The molecule has 0 saturated heterocycles. The highest BCUT2D eigenvalue weighted by molar-refractivity contribution is 7.89. The van der Waals surface area contributed by atoms with Crippen molar-refractivity contribution in [3.05, 3.63) is 12.0 Å². The molecule has 0 spiro atoms. The van der Waals surface area contributed by atoms with Crippen molar-refractivity contribution < 1.29 is 23.1 Å². The first kappa shape index (κ1) is 20.1. The molecule has 1 rings (SSSR count). The van der Waals surface area contributed by atoms with E-state index in [0.29, 0.717) is 18.7 Å². The van der Waals surface area contributed by atoms with Gasteiger partial charge < -0.3 is 15.0 Å². The monoisotopic (exact) mass is 360 g/mol. The SMILES string of the molecule is CCCC[C@H](NC(=O)CCNS(=O)(=O)c1cn(C)c(C)n1)C(=O)O. The van der Waals surface area contributed by atoms with Gasteiger partial charge in [-0.15, -0.1) is 0 Å². The highest BCUT2D eigenvalue weighted by Gasteiger charge is 2.21. The largest absolute Gasteiger partial charge is 0.480 e. The molecule has 9 nitrogen and oxygen atoms in total. The minimum atomic E-state index is -3.79. The molecule has 3 N–H and O–H groups in total. The predicted octanol–water partition coefficient (Wildman–Crippen LogP) is 0.157. The summed E-state index contributed by atoms with van der Waals surface area (Å²) in [5.74, 6) is -1.06. The molecule has 0 fully saturated rings. The fraction of sp³-hybridized carbons (Fsp3) is 0.643. The lowest BCUT2D eigenvalue weighted by molar-refractivity contribution is -0.142. The number of amides is 1. The quantitative estimate of drug-likeness (QED) is 0.545. The van der Waals surface area contributed by atoms with Gasteiger partial charge in [-0.1, -0.05) is 19.8 Å². The number of hydrogen-bond donors (Lipinski definition) is 3. The van der Waals surface area contributed by atoms with Crippen molar-refractivity contribution in [3.8, 4) is 0 Å². The second kappa shape index (κ2) is 8.78. The molecule has 1 amide bonds. The first-order valence-corrected chi connectivity index (χ1v) is 9.17. The van der Waals surface area contributed by atoms with E-state index >= 15 is 0 Å². The summed E-state index contributed by atoms with van der Waals surface area (Å²) < 4.78 is 27.9. The number of sulfonamides is 1. The maximum absolute atomic E-state index is 12.0. The van der Waals surface area contributed by atoms with Gasteiger partial charge in [-0.05, 0) is 13.3 Å². The standard InChI is InChI=1S/C14H24N4O5S/c1-4-5-6-11(14(20)21)17-12(19)7-8-15-24(22,23)13-9-18(3)10(2)16-13/h9,11,15H,4-8H2,1-3H3,(H,17,19)(H,20,21)/t11-/m0/s1. The molecule has 1 aromatic heterocycles. The number of hydrogen-bond acceptors (Lipinski definition) is 5. The van der Waals surface area contributed by atoms with Gasteiger partial charge in [-0.3, -0.25) is 4.79 Å². The van der Waals surface area contributed by atoms with Crippen molar-refractivity contribution in [2.75, 3.05) is 6.54 Å². The van der Waals surface area contributed by atoms with Crippen LogP contribution in [-0.2, 0) is 26.7 Å². The maximum Gasteiger partial charge on any atom is 0.326 e. The Balaban J connectivity index is 2.50. The van der Waals surface area contributed by atoms with E-state index in [0.717, 1.165) is 6.42 Å². The number of aromatic nitrogens is 2. The van der Waals surface area contributed by atoms with Gasteiger partial charge >= 0.3 is 5.97 Å². The normalized spacial score (nSPS) is 12.8. The Morgan fingerprint density at radius 1 is 1.42 bits per heavy atom. The lowest BCUT2D eigenvalue weighted by Gasteiger charge is -2.14. The van der Waals surface area contributed by atoms with Crippen molar-refractivity contribution >= 4 is 21.9 Å². The van der Waals surface area contributed by atoms with E-state index in [2.05, 4.69) is 15.0 Å². The van der Waals surface area contributed by atoms with Crippen LogP contribution in [0, 0.1) is 6.92 Å². The molecule has 0 bridgehead atoms. The molecule has 0 radical (unpaired) electrons. The molecule has 0 aliphatic rings. The Morgan fingerprint density at radius 3 is 2.58 bits per heavy atom. The van der Waals surface area contributed by atoms with Crippen LogP contribution >= 0.6 is 0 Å². The lowest BCUT2D eigenvalue weighted by atomic mass is 10.1. The van der Waals surface area contributed by atoms with E-state index in [1.54, 1.807) is 18.5 Å². The van der Waals surface area contributed by atoms with Gasteiger partial charge in [0.1, 0.15) is 11.9 Å². The predicted molar refractivity (Wildman–Crippen MR) is 86.8 cm³/mol. The fourth-order valence-electron chi connectivity index (χ4n) is 1.96. The number of carboxylic acid groups (broad SMARTS) is 1. The van der Waals surface area contributed by atoms with Crippen LogP contribution in [0.3, 0.4) is 0 Å². The Morgan fingerprint density at radius 2 is 2.08 bits per heavy atom. The molecule has 24 heavy (non-hydrogen) atoms. The van der Waals surface area contributed by atoms with E-state index < -0.39 is 27.9 Å². The van der Waals surface area contributed by atoms with E-state index in [1.165, 1.54) is 6.20 Å². The maximum atomic E-state index is 12.0. The molecule has 1 heterocycles. The van der Waals surface area contributed by atoms with Crippen LogP contribution in [0.2, 0.25) is 0 Å². The third-order valence-corrected chi connectivity index (χ3v) is 4.82. The number of carbonyl (C=O) groups excluding carboxylic acids is 1. The van der Waals surface area contributed by atoms with Crippen molar-refractivity contribution in [1.82, 2.24) is 19.6 Å². The van der Waals surface area contributed by atoms with Crippen LogP contribution in [-0.4, -0.2) is 47.5 Å². The van der Waals surface area contributed by atoms with E-state index in [1.807, 2.05) is 6.92 Å². The van der Waals surface area contributed by atoms with Crippen molar-refractivity contribution in [2.24, 2.45) is 7.05 Å². The van der Waals surface area contributed by atoms with Gasteiger partial charge in [0, 0.05) is 26.2 Å². The highest BCUT2D eigenvalue weighted by Crippen LogP contribution is 2.07. The zero-order chi connectivity index (χ0) is 18.3. The van der Waals surface area contributed by atoms with Crippen LogP contribution in [0.25, 0.3) is 0 Å². The van der Waals surface area contributed by atoms with Gasteiger partial charge in [0.2, 0.25) is 5.91 Å². The third-order valence-electron chi connectivity index (χ3n) is 3.49. The number of carboxylic acids is 1. The van der Waals surface area contributed by atoms with Crippen molar-refractivity contribution in [2.45, 2.75) is 50.6 Å². The molecule has 0 saturated carbocycles. The molecule has 136 valence electrons. The number of nitrogens with zero attached hydrogens (tertiary/aromatic N) is 2. The van der Waals surface area contributed by atoms with Gasteiger partial charge in [-0.2, -0.15) is 0 Å². The second-order valence-corrected chi connectivity index (χ2v) is 7.20. The van der Waals surface area contributed by atoms with E-state index in [-0.39, 0.29) is 18.0 Å². The lowest BCUT2D eigenvalue weighted by Crippen LogP contribution is -2.42. The molecular weight excluding hydrogens is 336 g/mol. The van der Waals surface area contributed by atoms with Crippen molar-refractivity contribution in [1.29, 1.82) is 0 Å². The average molecular weight is 360 g/mol. The zero-order valence-corrected chi connectivity index (χ0v) is 14.9. The summed E-state index contributed by atoms with van der Waals surface area (Å²) in [6, 6.07) is -0.951. The second-order valence-electron chi connectivity index (χ2n) is 5.49. The molecule has 0 aliphatic carbocycles. The fourth-order valence-corrected chi connectivity index (χ4v) is 3.03. The molecule has 0 aromatic carbocycles. The van der Waals surface area contributed by atoms with Gasteiger partial charge in [-0.25, -0.2) is 22.9 Å². The molecule has 1 aromatic rings. The first-order valence-electron chi connectivity index (χ1n) is 7.69. The smallest absolute Gasteiger partial charge is 0.326 e. The number of rotatable bonds is 10. The van der Waals surface area contributed by atoms with Crippen LogP contribution in [0.4, 0.5) is 0 Å². The Bertz CT molecular complexity index is 664. The third kappa shape index (κ3) is 5.93. The van der Waals surface area contributed by atoms with Gasteiger partial charge in [0.05, 0.1) is 0 Å². The Kier molecular flexibility index (Phi) is 7.36. The topological polar surface area (TPSA) is 130 Å². The highest BCUT2D eigenvalue weighted by atomic mass is 32.2. The summed E-state index contributed by atoms with van der Waals surface area (Å²) >= 11 is 0. The van der Waals surface area contributed by atoms with Gasteiger partial charge in [0.15, 0.2) is 5.03 Å². The summed E-state index contributed by atoms with van der Waals surface area (Å²) in [5.41, 5.74) is 0. The Labute approximate surface area is 141 Å². The number of imidazole rings is 1. The van der Waals surface area contributed by atoms with Crippen LogP contribution in [0.15, 0.2) is 11.2 Å². The number of unbranched alkanes of at least 4 members (excludes halogenated alkanes) is 1. The van der Waals surface area contributed by atoms with Crippen LogP contribution in [0.1, 0.15) is 38.4 Å². The number of carbonyl (C=O) groups is 2. The van der Waals surface area contributed by atoms with Crippen LogP contribution in [0.5, 0.6) is 0 Å². The molecule has 0 unspecified atom stereocenters. The number of aliphatic carboxylic acids is 1. The summed E-state index contributed by atoms with van der Waals surface area (Å²) in [5, 5.41) is 11.3. The molecule has 10 heteroatoms. The number of aryl methyl sites for hydroxylation is 2. The summed E-state index contributed by atoms with van der Waals surface area (Å²) in [6.45, 7) is 3.47. The number of nitrogens with one attached hydrogen (secondary N) is 2. The molecule has 1 atom stereocenters. The van der Waals surface area contributed by atoms with Crippen LogP contribution < -0.4 is 10.0 Å². The first-order chi connectivity index (χ1) is 11.2. The van der Waals surface area contributed by atoms with Gasteiger partial charge in [0.25, 0.3) is 10.0 Å². The summed E-state index contributed by atoms with van der Waals surface area (Å²) in [4.78, 5) is 26.7. The van der Waals surface area contributed by atoms with Crippen molar-refractivity contribution in [3.63, 3.8) is 0 Å². The van der Waals surface area contributed by atoms with E-state index in [4.69, 9.17) is 5.11 Å². The van der Waals surface area contributed by atoms with E-state index in [9.17, 15) is 18.0 Å². The summed E-state index contributed by atoms with van der Waals surface area (Å²) in [7, 11) is -2.12. The molecular formula is C14H24N4O5S. The average Bonchev–Trinajstić information content (AvgIpc) is 2.83. The zero-order valence-electron chi connectivity index (χ0n) is 14.1.